The van der Waals surface area contributed by atoms with Crippen LogP contribution in [0, 0.1) is 0 Å². The molecule has 1 aliphatic rings. The summed E-state index contributed by atoms with van der Waals surface area (Å²) in [6.45, 7) is 0.886. The minimum absolute atomic E-state index is 0. The molecule has 0 bridgehead atoms. The lowest BCUT2D eigenvalue weighted by Crippen LogP contribution is -2.07. The van der Waals surface area contributed by atoms with Crippen molar-refractivity contribution in [3.8, 4) is 5.75 Å². The number of hydrogen-bond donors (Lipinski definition) is 0. The Hall–Kier alpha value is -0.550. The third-order valence-electron chi connectivity index (χ3n) is 1.82. The second-order valence-electron chi connectivity index (χ2n) is 2.56. The fourth-order valence-electron chi connectivity index (χ4n) is 1.30. The molecule has 60 valence electrons. The molecule has 0 saturated heterocycles. The van der Waals surface area contributed by atoms with Crippen LogP contribution in [0.1, 0.15) is 12.0 Å². The zero-order valence-corrected chi connectivity index (χ0v) is 7.96. The Balaban J connectivity index is 0.000000605. The van der Waals surface area contributed by atoms with Crippen molar-refractivity contribution in [2.75, 3.05) is 6.61 Å². The van der Waals surface area contributed by atoms with Gasteiger partial charge in [0.05, 0.1) is 6.61 Å². The number of fused-ring (bicyclic) bond motifs is 1. The van der Waals surface area contributed by atoms with Crippen molar-refractivity contribution in [3.05, 3.63) is 29.8 Å². The quantitative estimate of drug-likeness (QED) is 0.539. The van der Waals surface area contributed by atoms with Gasteiger partial charge in [0.1, 0.15) is 5.75 Å². The predicted molar refractivity (Wildman–Crippen MR) is 51.4 cm³/mol. The van der Waals surface area contributed by atoms with Crippen molar-refractivity contribution >= 4 is 9.90 Å². The van der Waals surface area contributed by atoms with Crippen molar-refractivity contribution < 1.29 is 4.74 Å². The highest BCUT2D eigenvalue weighted by Gasteiger charge is 2.06. The van der Waals surface area contributed by atoms with Gasteiger partial charge in [0, 0.05) is 0 Å². The Labute approximate surface area is 70.4 Å². The monoisotopic (exact) mass is 168 g/mol. The lowest BCUT2D eigenvalue weighted by molar-refractivity contribution is 0.288. The van der Waals surface area contributed by atoms with E-state index in [1.54, 1.807) is 0 Å². The van der Waals surface area contributed by atoms with Gasteiger partial charge in [-0.3, -0.25) is 0 Å². The smallest absolute Gasteiger partial charge is 0.122 e. The lowest BCUT2D eigenvalue weighted by Gasteiger charge is -2.15. The SMILES string of the molecule is P.c1ccc2c(c1)CCCO2. The molecule has 1 aromatic carbocycles. The van der Waals surface area contributed by atoms with E-state index in [4.69, 9.17) is 4.74 Å². The molecule has 1 nitrogen and oxygen atoms in total. The van der Waals surface area contributed by atoms with E-state index in [2.05, 4.69) is 12.1 Å². The Morgan fingerprint density at radius 3 is 2.82 bits per heavy atom. The van der Waals surface area contributed by atoms with Crippen LogP contribution in [0.3, 0.4) is 0 Å². The van der Waals surface area contributed by atoms with E-state index in [0.717, 1.165) is 18.8 Å². The number of benzene rings is 1. The van der Waals surface area contributed by atoms with Crippen molar-refractivity contribution in [3.63, 3.8) is 0 Å². The molecular formula is C9H13OP. The van der Waals surface area contributed by atoms with Crippen molar-refractivity contribution in [2.45, 2.75) is 12.8 Å². The Morgan fingerprint density at radius 1 is 1.18 bits per heavy atom. The largest absolute Gasteiger partial charge is 0.493 e. The van der Waals surface area contributed by atoms with E-state index in [1.807, 2.05) is 12.1 Å². The lowest BCUT2D eigenvalue weighted by atomic mass is 10.1. The summed E-state index contributed by atoms with van der Waals surface area (Å²) in [5.74, 6) is 1.08. The van der Waals surface area contributed by atoms with Crippen molar-refractivity contribution in [1.82, 2.24) is 0 Å². The molecule has 0 amide bonds. The second-order valence-corrected chi connectivity index (χ2v) is 2.56. The summed E-state index contributed by atoms with van der Waals surface area (Å²) >= 11 is 0. The van der Waals surface area contributed by atoms with Gasteiger partial charge in [-0.25, -0.2) is 0 Å². The molecule has 1 aromatic rings. The van der Waals surface area contributed by atoms with Gasteiger partial charge in [0.15, 0.2) is 0 Å². The molecule has 1 unspecified atom stereocenters. The standard InChI is InChI=1S/C9H10O.H3P/c1-2-6-9-8(4-1)5-3-7-10-9;/h1-2,4,6H,3,5,7H2;1H3. The number of para-hydroxylation sites is 1. The first-order valence-corrected chi connectivity index (χ1v) is 3.67. The number of rotatable bonds is 0. The maximum Gasteiger partial charge on any atom is 0.122 e. The number of ether oxygens (including phenoxy) is 1. The van der Waals surface area contributed by atoms with E-state index >= 15 is 0 Å². The van der Waals surface area contributed by atoms with Crippen molar-refractivity contribution in [2.24, 2.45) is 0 Å². The summed E-state index contributed by atoms with van der Waals surface area (Å²) in [7, 11) is 0. The maximum atomic E-state index is 5.42. The minimum atomic E-state index is 0. The fourth-order valence-corrected chi connectivity index (χ4v) is 1.30. The van der Waals surface area contributed by atoms with E-state index in [1.165, 1.54) is 12.0 Å². The number of hydrogen-bond acceptors (Lipinski definition) is 1. The third-order valence-corrected chi connectivity index (χ3v) is 1.82. The van der Waals surface area contributed by atoms with Gasteiger partial charge in [-0.2, -0.15) is 9.90 Å². The molecule has 0 saturated carbocycles. The van der Waals surface area contributed by atoms with Crippen LogP contribution in [0.2, 0.25) is 0 Å². The molecule has 0 spiro atoms. The van der Waals surface area contributed by atoms with E-state index in [9.17, 15) is 0 Å². The highest BCUT2D eigenvalue weighted by atomic mass is 31.0. The summed E-state index contributed by atoms with van der Waals surface area (Å²) in [4.78, 5) is 0. The third kappa shape index (κ3) is 1.72. The molecule has 0 fully saturated rings. The van der Waals surface area contributed by atoms with E-state index in [-0.39, 0.29) is 9.90 Å². The molecule has 2 heteroatoms. The highest BCUT2D eigenvalue weighted by Crippen LogP contribution is 2.22. The average molecular weight is 168 g/mol. The molecule has 0 aromatic heterocycles. The van der Waals surface area contributed by atoms with Gasteiger partial charge >= 0.3 is 0 Å². The van der Waals surface area contributed by atoms with Gasteiger partial charge in [0.2, 0.25) is 0 Å². The van der Waals surface area contributed by atoms with Crippen LogP contribution in [0.15, 0.2) is 24.3 Å². The topological polar surface area (TPSA) is 9.23 Å². The fraction of sp³-hybridized carbons (Fsp3) is 0.333. The summed E-state index contributed by atoms with van der Waals surface area (Å²) in [5.41, 5.74) is 1.36. The molecular weight excluding hydrogens is 155 g/mol. The highest BCUT2D eigenvalue weighted by molar-refractivity contribution is 6.92. The molecule has 11 heavy (non-hydrogen) atoms. The first-order chi connectivity index (χ1) is 4.97. The molecule has 0 N–H and O–H groups in total. The Morgan fingerprint density at radius 2 is 2.00 bits per heavy atom. The van der Waals surface area contributed by atoms with Gasteiger partial charge < -0.3 is 4.74 Å². The van der Waals surface area contributed by atoms with Crippen molar-refractivity contribution in [1.29, 1.82) is 0 Å². The van der Waals surface area contributed by atoms with Crippen LogP contribution in [0.4, 0.5) is 0 Å². The summed E-state index contributed by atoms with van der Waals surface area (Å²) in [6.07, 6.45) is 2.34. The Bertz CT molecular complexity index is 210. The zero-order valence-electron chi connectivity index (χ0n) is 6.55. The molecule has 1 heterocycles. The molecule has 1 atom stereocenters. The zero-order chi connectivity index (χ0) is 6.81. The predicted octanol–water partition coefficient (Wildman–Crippen LogP) is 2.07. The van der Waals surface area contributed by atoms with Gasteiger partial charge in [-0.15, -0.1) is 0 Å². The first-order valence-electron chi connectivity index (χ1n) is 3.67. The molecule has 1 aliphatic heterocycles. The average Bonchev–Trinajstić information content (AvgIpc) is 2.05. The van der Waals surface area contributed by atoms with Crippen LogP contribution in [0.25, 0.3) is 0 Å². The van der Waals surface area contributed by atoms with Gasteiger partial charge in [-0.1, -0.05) is 18.2 Å². The van der Waals surface area contributed by atoms with Gasteiger partial charge in [-0.05, 0) is 24.5 Å². The van der Waals surface area contributed by atoms with Crippen LogP contribution < -0.4 is 4.74 Å². The minimum Gasteiger partial charge on any atom is -0.493 e. The number of aryl methyl sites for hydroxylation is 1. The van der Waals surface area contributed by atoms with Crippen LogP contribution in [-0.4, -0.2) is 6.61 Å². The Kier molecular flexibility index (Phi) is 2.90. The maximum absolute atomic E-state index is 5.42. The van der Waals surface area contributed by atoms with Crippen LogP contribution in [-0.2, 0) is 6.42 Å². The summed E-state index contributed by atoms with van der Waals surface area (Å²) < 4.78 is 5.42. The molecule has 2 rings (SSSR count). The molecule has 0 radical (unpaired) electrons. The summed E-state index contributed by atoms with van der Waals surface area (Å²) in [5, 5.41) is 0. The van der Waals surface area contributed by atoms with Crippen LogP contribution >= 0.6 is 9.90 Å². The summed E-state index contributed by atoms with van der Waals surface area (Å²) in [6, 6.07) is 8.25. The second kappa shape index (κ2) is 3.73. The molecule has 0 aliphatic carbocycles. The first kappa shape index (κ1) is 8.55. The normalized spacial score (nSPS) is 14.2. The van der Waals surface area contributed by atoms with E-state index in [0.29, 0.717) is 0 Å². The van der Waals surface area contributed by atoms with E-state index < -0.39 is 0 Å². The van der Waals surface area contributed by atoms with Gasteiger partial charge in [0.25, 0.3) is 0 Å². The van der Waals surface area contributed by atoms with Crippen LogP contribution in [0.5, 0.6) is 5.75 Å².